The van der Waals surface area contributed by atoms with E-state index in [1.165, 1.54) is 11.3 Å². The number of benzene rings is 1. The van der Waals surface area contributed by atoms with Crippen LogP contribution >= 0.6 is 11.3 Å². The van der Waals surface area contributed by atoms with Gasteiger partial charge < -0.3 is 20.1 Å². The third-order valence-corrected chi connectivity index (χ3v) is 5.15. The van der Waals surface area contributed by atoms with Gasteiger partial charge in [0.1, 0.15) is 10.6 Å². The lowest BCUT2D eigenvalue weighted by Crippen LogP contribution is -2.35. The van der Waals surface area contributed by atoms with Gasteiger partial charge in [0.05, 0.1) is 36.5 Å². The zero-order valence-corrected chi connectivity index (χ0v) is 14.6. The number of carbonyl (C=O) groups is 1. The predicted molar refractivity (Wildman–Crippen MR) is 96.2 cm³/mol. The summed E-state index contributed by atoms with van der Waals surface area (Å²) in [6.07, 6.45) is 0.687. The molecule has 1 saturated heterocycles. The molecule has 2 heterocycles. The minimum atomic E-state index is -0.474. The Bertz CT molecular complexity index is 774. The molecule has 1 aliphatic heterocycles. The highest BCUT2D eigenvalue weighted by atomic mass is 32.1. The zero-order chi connectivity index (χ0) is 17.6. The molecule has 0 atom stereocenters. The topological polar surface area (TPSA) is 88.6 Å². The molecule has 7 heteroatoms. The van der Waals surface area contributed by atoms with Gasteiger partial charge in [0.2, 0.25) is 0 Å². The minimum Gasteiger partial charge on any atom is -0.491 e. The van der Waals surface area contributed by atoms with Crippen molar-refractivity contribution in [2.45, 2.75) is 6.42 Å². The maximum atomic E-state index is 11.7. The lowest BCUT2D eigenvalue weighted by molar-refractivity contribution is 0.100. The number of thiophene rings is 1. The van der Waals surface area contributed by atoms with Crippen molar-refractivity contribution in [3.05, 3.63) is 46.3 Å². The number of ether oxygens (including phenoxy) is 2. The van der Waals surface area contributed by atoms with Crippen LogP contribution in [-0.2, 0) is 11.2 Å². The van der Waals surface area contributed by atoms with Crippen molar-refractivity contribution in [2.24, 2.45) is 5.73 Å². The first kappa shape index (κ1) is 17.3. The molecule has 25 heavy (non-hydrogen) atoms. The van der Waals surface area contributed by atoms with E-state index >= 15 is 0 Å². The van der Waals surface area contributed by atoms with Crippen molar-refractivity contribution >= 4 is 22.2 Å². The number of amides is 1. The van der Waals surface area contributed by atoms with Crippen LogP contribution in [0.5, 0.6) is 5.75 Å². The molecule has 2 aromatic rings. The van der Waals surface area contributed by atoms with Gasteiger partial charge in [-0.2, -0.15) is 5.26 Å². The minimum absolute atomic E-state index is 0.436. The quantitative estimate of drug-likeness (QED) is 0.856. The Labute approximate surface area is 150 Å². The van der Waals surface area contributed by atoms with Gasteiger partial charge in [-0.15, -0.1) is 11.3 Å². The standard InChI is InChI=1S/C18H19N3O3S/c19-12-14-3-1-13(2-4-14)5-8-24-15-11-16(25-17(15)18(20)22)21-6-9-23-10-7-21/h1-4,11H,5-10H2,(H2,20,22). The fraction of sp³-hybridized carbons (Fsp3) is 0.333. The van der Waals surface area contributed by atoms with Gasteiger partial charge in [-0.05, 0) is 17.7 Å². The van der Waals surface area contributed by atoms with Crippen LogP contribution in [0.2, 0.25) is 0 Å². The molecule has 0 aliphatic carbocycles. The van der Waals surface area contributed by atoms with Crippen molar-refractivity contribution in [3.63, 3.8) is 0 Å². The molecule has 1 amide bonds. The monoisotopic (exact) mass is 357 g/mol. The van der Waals surface area contributed by atoms with Gasteiger partial charge in [0, 0.05) is 25.6 Å². The summed E-state index contributed by atoms with van der Waals surface area (Å²) >= 11 is 1.36. The van der Waals surface area contributed by atoms with E-state index in [1.807, 2.05) is 18.2 Å². The summed E-state index contributed by atoms with van der Waals surface area (Å²) in [6.45, 7) is 3.38. The van der Waals surface area contributed by atoms with Crippen LogP contribution in [0.4, 0.5) is 5.00 Å². The Morgan fingerprint density at radius 2 is 2.04 bits per heavy atom. The molecule has 0 spiro atoms. The van der Waals surface area contributed by atoms with Crippen LogP contribution in [0.1, 0.15) is 20.8 Å². The highest BCUT2D eigenvalue weighted by Crippen LogP contribution is 2.36. The van der Waals surface area contributed by atoms with Crippen LogP contribution in [0.25, 0.3) is 0 Å². The molecule has 0 bridgehead atoms. The maximum Gasteiger partial charge on any atom is 0.262 e. The van der Waals surface area contributed by atoms with Crippen LogP contribution in [-0.4, -0.2) is 38.8 Å². The van der Waals surface area contributed by atoms with Crippen molar-refractivity contribution in [2.75, 3.05) is 37.8 Å². The second-order valence-electron chi connectivity index (χ2n) is 5.65. The molecule has 6 nitrogen and oxygen atoms in total. The summed E-state index contributed by atoms with van der Waals surface area (Å²) in [5.74, 6) is 0.0607. The SMILES string of the molecule is N#Cc1ccc(CCOc2cc(N3CCOCC3)sc2C(N)=O)cc1. The number of rotatable bonds is 6. The van der Waals surface area contributed by atoms with E-state index in [2.05, 4.69) is 11.0 Å². The summed E-state index contributed by atoms with van der Waals surface area (Å²) < 4.78 is 11.2. The lowest BCUT2D eigenvalue weighted by Gasteiger charge is -2.27. The summed E-state index contributed by atoms with van der Waals surface area (Å²) in [6, 6.07) is 11.4. The zero-order valence-electron chi connectivity index (χ0n) is 13.7. The number of carbonyl (C=O) groups excluding carboxylic acids is 1. The van der Waals surface area contributed by atoms with Crippen LogP contribution < -0.4 is 15.4 Å². The van der Waals surface area contributed by atoms with Crippen LogP contribution in [0, 0.1) is 11.3 Å². The summed E-state index contributed by atoms with van der Waals surface area (Å²) in [5, 5.41) is 9.79. The molecular weight excluding hydrogens is 338 g/mol. The molecule has 1 aromatic heterocycles. The normalized spacial score (nSPS) is 14.1. The number of nitrogens with two attached hydrogens (primary N) is 1. The molecule has 130 valence electrons. The summed E-state index contributed by atoms with van der Waals surface area (Å²) in [4.78, 5) is 14.3. The number of nitrogens with zero attached hydrogens (tertiary/aromatic N) is 2. The van der Waals surface area contributed by atoms with Gasteiger partial charge in [-0.25, -0.2) is 0 Å². The fourth-order valence-electron chi connectivity index (χ4n) is 2.61. The molecule has 0 saturated carbocycles. The van der Waals surface area contributed by atoms with E-state index in [0.29, 0.717) is 42.4 Å². The van der Waals surface area contributed by atoms with Crippen molar-refractivity contribution < 1.29 is 14.3 Å². The Morgan fingerprint density at radius 1 is 1.32 bits per heavy atom. The second kappa shape index (κ2) is 8.01. The van der Waals surface area contributed by atoms with E-state index in [-0.39, 0.29) is 0 Å². The molecule has 1 aliphatic rings. The summed E-state index contributed by atoms with van der Waals surface area (Å²) in [7, 11) is 0. The number of hydrogen-bond acceptors (Lipinski definition) is 6. The maximum absolute atomic E-state index is 11.7. The van der Waals surface area contributed by atoms with Gasteiger partial charge in [-0.3, -0.25) is 4.79 Å². The number of anilines is 1. The Hall–Kier alpha value is -2.56. The first-order valence-corrected chi connectivity index (χ1v) is 8.87. The third kappa shape index (κ3) is 4.29. The lowest BCUT2D eigenvalue weighted by atomic mass is 10.1. The molecule has 1 aromatic carbocycles. The van der Waals surface area contributed by atoms with E-state index in [4.69, 9.17) is 20.5 Å². The first-order valence-electron chi connectivity index (χ1n) is 8.05. The Morgan fingerprint density at radius 3 is 2.68 bits per heavy atom. The fourth-order valence-corrected chi connectivity index (χ4v) is 3.61. The van der Waals surface area contributed by atoms with E-state index < -0.39 is 5.91 Å². The number of nitriles is 1. The average molecular weight is 357 g/mol. The molecule has 0 radical (unpaired) electrons. The first-order chi connectivity index (χ1) is 12.2. The van der Waals surface area contributed by atoms with Crippen molar-refractivity contribution in [3.8, 4) is 11.8 Å². The van der Waals surface area contributed by atoms with E-state index in [1.54, 1.807) is 12.1 Å². The van der Waals surface area contributed by atoms with Gasteiger partial charge >= 0.3 is 0 Å². The highest BCUT2D eigenvalue weighted by Gasteiger charge is 2.20. The highest BCUT2D eigenvalue weighted by molar-refractivity contribution is 7.18. The largest absolute Gasteiger partial charge is 0.491 e. The van der Waals surface area contributed by atoms with E-state index in [0.717, 1.165) is 23.7 Å². The molecule has 3 rings (SSSR count). The summed E-state index contributed by atoms with van der Waals surface area (Å²) in [5.41, 5.74) is 7.20. The van der Waals surface area contributed by atoms with Gasteiger partial charge in [0.15, 0.2) is 0 Å². The van der Waals surface area contributed by atoms with Gasteiger partial charge in [-0.1, -0.05) is 12.1 Å². The molecule has 0 unspecified atom stereocenters. The number of morpholine rings is 1. The predicted octanol–water partition coefficient (Wildman–Crippen LogP) is 2.18. The number of primary amides is 1. The van der Waals surface area contributed by atoms with Crippen molar-refractivity contribution in [1.29, 1.82) is 5.26 Å². The Kier molecular flexibility index (Phi) is 5.53. The van der Waals surface area contributed by atoms with Crippen LogP contribution in [0.3, 0.4) is 0 Å². The average Bonchev–Trinajstić information content (AvgIpc) is 3.08. The van der Waals surface area contributed by atoms with Gasteiger partial charge in [0.25, 0.3) is 5.91 Å². The Balaban J connectivity index is 1.65. The van der Waals surface area contributed by atoms with Crippen molar-refractivity contribution in [1.82, 2.24) is 0 Å². The molecule has 2 N–H and O–H groups in total. The molecule has 1 fully saturated rings. The van der Waals surface area contributed by atoms with Crippen LogP contribution in [0.15, 0.2) is 30.3 Å². The van der Waals surface area contributed by atoms with E-state index in [9.17, 15) is 4.79 Å². The third-order valence-electron chi connectivity index (χ3n) is 3.96. The second-order valence-corrected chi connectivity index (χ2v) is 6.68. The smallest absolute Gasteiger partial charge is 0.262 e. The number of hydrogen-bond donors (Lipinski definition) is 1. The molecular formula is C18H19N3O3S.